The second-order valence-electron chi connectivity index (χ2n) is 3.23. The molecular formula is C12H15ClO2S. The van der Waals surface area contributed by atoms with Crippen LogP contribution in [0.4, 0.5) is 0 Å². The topological polar surface area (TPSA) is 26.3 Å². The molecular weight excluding hydrogens is 244 g/mol. The molecule has 0 unspecified atom stereocenters. The van der Waals surface area contributed by atoms with Gasteiger partial charge in [0.25, 0.3) is 0 Å². The highest BCUT2D eigenvalue weighted by Crippen LogP contribution is 2.31. The van der Waals surface area contributed by atoms with Gasteiger partial charge in [0.05, 0.1) is 17.4 Å². The van der Waals surface area contributed by atoms with Gasteiger partial charge in [-0.15, -0.1) is 23.4 Å². The summed E-state index contributed by atoms with van der Waals surface area (Å²) in [5, 5.41) is 0. The third kappa shape index (κ3) is 3.42. The molecule has 0 saturated carbocycles. The van der Waals surface area contributed by atoms with Crippen molar-refractivity contribution in [2.24, 2.45) is 0 Å². The molecule has 0 spiro atoms. The Bertz CT molecular complexity index is 366. The molecule has 2 nitrogen and oxygen atoms in total. The van der Waals surface area contributed by atoms with Gasteiger partial charge in [-0.05, 0) is 24.8 Å². The molecule has 0 aliphatic rings. The number of hydrogen-bond donors (Lipinski definition) is 0. The number of alkyl halides is 1. The first-order valence-corrected chi connectivity index (χ1v) is 6.85. The molecule has 88 valence electrons. The number of rotatable bonds is 6. The van der Waals surface area contributed by atoms with Gasteiger partial charge >= 0.3 is 0 Å². The first-order valence-electron chi connectivity index (χ1n) is 5.09. The highest BCUT2D eigenvalue weighted by atomic mass is 35.5. The van der Waals surface area contributed by atoms with Crippen LogP contribution in [0.25, 0.3) is 0 Å². The molecule has 0 saturated heterocycles. The van der Waals surface area contributed by atoms with Crippen LogP contribution in [0.1, 0.15) is 12.5 Å². The molecule has 0 aliphatic carbocycles. The largest absolute Gasteiger partial charge is 0.493 e. The summed E-state index contributed by atoms with van der Waals surface area (Å²) in [6, 6.07) is 5.77. The molecule has 1 rings (SSSR count). The molecule has 0 amide bonds. The predicted octanol–water partition coefficient (Wildman–Crippen LogP) is 3.16. The van der Waals surface area contributed by atoms with Gasteiger partial charge < -0.3 is 4.74 Å². The molecule has 4 heteroatoms. The van der Waals surface area contributed by atoms with Gasteiger partial charge in [0.2, 0.25) is 0 Å². The third-order valence-corrected chi connectivity index (χ3v) is 3.27. The number of thioether (sulfide) groups is 1. The maximum absolute atomic E-state index is 11.3. The number of ether oxygens (including phenoxy) is 1. The minimum atomic E-state index is 0.0330. The van der Waals surface area contributed by atoms with Crippen LogP contribution in [-0.2, 0) is 11.2 Å². The molecule has 0 N–H and O–H groups in total. The fourth-order valence-corrected chi connectivity index (χ4v) is 2.29. The van der Waals surface area contributed by atoms with Crippen molar-refractivity contribution in [3.8, 4) is 5.75 Å². The lowest BCUT2D eigenvalue weighted by Crippen LogP contribution is -2.05. The van der Waals surface area contributed by atoms with E-state index >= 15 is 0 Å². The summed E-state index contributed by atoms with van der Waals surface area (Å²) in [5.41, 5.74) is 0.990. The number of carbonyl (C=O) groups is 1. The Balaban J connectivity index is 2.98. The van der Waals surface area contributed by atoms with Gasteiger partial charge in [-0.1, -0.05) is 12.1 Å². The average Bonchev–Trinajstić information content (AvgIpc) is 2.29. The normalized spacial score (nSPS) is 10.2. The van der Waals surface area contributed by atoms with Gasteiger partial charge in [0.15, 0.2) is 5.78 Å². The van der Waals surface area contributed by atoms with Gasteiger partial charge in [-0.2, -0.15) is 0 Å². The van der Waals surface area contributed by atoms with Crippen LogP contribution in [0.15, 0.2) is 23.1 Å². The number of hydrogen-bond acceptors (Lipinski definition) is 3. The predicted molar refractivity (Wildman–Crippen MR) is 68.8 cm³/mol. The van der Waals surface area contributed by atoms with Crippen LogP contribution in [0.2, 0.25) is 0 Å². The number of ketones is 1. The van der Waals surface area contributed by atoms with E-state index in [0.717, 1.165) is 16.2 Å². The Labute approximate surface area is 105 Å². The summed E-state index contributed by atoms with van der Waals surface area (Å²) in [6.45, 7) is 2.57. The zero-order valence-corrected chi connectivity index (χ0v) is 11.0. The number of Topliss-reactive ketones (excluding diaryl/α,β-unsaturated/α-hetero) is 1. The SMILES string of the molecule is CCOc1cccc(CC(=O)CCl)c1SC. The van der Waals surface area contributed by atoms with E-state index in [-0.39, 0.29) is 11.7 Å². The number of carbonyl (C=O) groups excluding carboxylic acids is 1. The van der Waals surface area contributed by atoms with Crippen molar-refractivity contribution in [1.29, 1.82) is 0 Å². The highest BCUT2D eigenvalue weighted by Gasteiger charge is 2.11. The summed E-state index contributed by atoms with van der Waals surface area (Å²) < 4.78 is 5.52. The second-order valence-corrected chi connectivity index (χ2v) is 4.31. The molecule has 0 bridgehead atoms. The van der Waals surface area contributed by atoms with Gasteiger partial charge in [-0.3, -0.25) is 4.79 Å². The lowest BCUT2D eigenvalue weighted by Gasteiger charge is -2.12. The summed E-state index contributed by atoms with van der Waals surface area (Å²) >= 11 is 7.10. The molecule has 1 aromatic rings. The third-order valence-electron chi connectivity index (χ3n) is 2.10. The van der Waals surface area contributed by atoms with Gasteiger partial charge in [0.1, 0.15) is 5.75 Å². The van der Waals surface area contributed by atoms with Crippen molar-refractivity contribution in [2.45, 2.75) is 18.2 Å². The monoisotopic (exact) mass is 258 g/mol. The number of benzene rings is 1. The lowest BCUT2D eigenvalue weighted by molar-refractivity contribution is -0.116. The molecule has 0 aromatic heterocycles. The van der Waals surface area contributed by atoms with Crippen molar-refractivity contribution < 1.29 is 9.53 Å². The fourth-order valence-electron chi connectivity index (χ4n) is 1.46. The van der Waals surface area contributed by atoms with Crippen molar-refractivity contribution in [3.05, 3.63) is 23.8 Å². The Morgan fingerprint density at radius 3 is 2.81 bits per heavy atom. The Morgan fingerprint density at radius 1 is 1.50 bits per heavy atom. The summed E-state index contributed by atoms with van der Waals surface area (Å²) in [4.78, 5) is 12.4. The van der Waals surface area contributed by atoms with E-state index in [1.54, 1.807) is 11.8 Å². The van der Waals surface area contributed by atoms with E-state index < -0.39 is 0 Å². The van der Waals surface area contributed by atoms with Crippen molar-refractivity contribution in [1.82, 2.24) is 0 Å². The summed E-state index contributed by atoms with van der Waals surface area (Å²) in [6.07, 6.45) is 2.35. The second kappa shape index (κ2) is 6.81. The van der Waals surface area contributed by atoms with Gasteiger partial charge in [-0.25, -0.2) is 0 Å². The summed E-state index contributed by atoms with van der Waals surface area (Å²) in [7, 11) is 0. The van der Waals surface area contributed by atoms with Crippen molar-refractivity contribution in [2.75, 3.05) is 18.7 Å². The van der Waals surface area contributed by atoms with Crippen LogP contribution in [0.5, 0.6) is 5.75 Å². The fraction of sp³-hybridized carbons (Fsp3) is 0.417. The van der Waals surface area contributed by atoms with Gasteiger partial charge in [0, 0.05) is 6.42 Å². The van der Waals surface area contributed by atoms with Crippen molar-refractivity contribution >= 4 is 29.1 Å². The van der Waals surface area contributed by atoms with Crippen LogP contribution >= 0.6 is 23.4 Å². The maximum Gasteiger partial charge on any atom is 0.151 e. The zero-order chi connectivity index (χ0) is 12.0. The lowest BCUT2D eigenvalue weighted by atomic mass is 10.1. The maximum atomic E-state index is 11.3. The molecule has 0 atom stereocenters. The first kappa shape index (κ1) is 13.4. The summed E-state index contributed by atoms with van der Waals surface area (Å²) in [5.74, 6) is 0.938. The molecule has 16 heavy (non-hydrogen) atoms. The van der Waals surface area contributed by atoms with Crippen LogP contribution in [-0.4, -0.2) is 24.5 Å². The zero-order valence-electron chi connectivity index (χ0n) is 9.46. The standard InChI is InChI=1S/C12H15ClO2S/c1-3-15-11-6-4-5-9(12(11)16-2)7-10(14)8-13/h4-6H,3,7-8H2,1-2H3. The number of halogens is 1. The Morgan fingerprint density at radius 2 is 2.25 bits per heavy atom. The molecule has 0 fully saturated rings. The van der Waals surface area contributed by atoms with E-state index in [1.807, 2.05) is 31.4 Å². The van der Waals surface area contributed by atoms with E-state index in [0.29, 0.717) is 13.0 Å². The molecule has 0 radical (unpaired) electrons. The van der Waals surface area contributed by atoms with Crippen LogP contribution in [0, 0.1) is 0 Å². The molecule has 0 heterocycles. The van der Waals surface area contributed by atoms with Crippen LogP contribution in [0.3, 0.4) is 0 Å². The highest BCUT2D eigenvalue weighted by molar-refractivity contribution is 7.98. The minimum Gasteiger partial charge on any atom is -0.493 e. The van der Waals surface area contributed by atoms with Crippen molar-refractivity contribution in [3.63, 3.8) is 0 Å². The smallest absolute Gasteiger partial charge is 0.151 e. The van der Waals surface area contributed by atoms with Crippen LogP contribution < -0.4 is 4.74 Å². The van der Waals surface area contributed by atoms with E-state index in [2.05, 4.69) is 0 Å². The Hall–Kier alpha value is -0.670. The van der Waals surface area contributed by atoms with E-state index in [1.165, 1.54) is 0 Å². The molecule has 0 aliphatic heterocycles. The molecule has 1 aromatic carbocycles. The quantitative estimate of drug-likeness (QED) is 0.579. The minimum absolute atomic E-state index is 0.0330. The van der Waals surface area contributed by atoms with E-state index in [4.69, 9.17) is 16.3 Å². The first-order chi connectivity index (χ1) is 7.72. The van der Waals surface area contributed by atoms with E-state index in [9.17, 15) is 4.79 Å². The Kier molecular flexibility index (Phi) is 5.71. The average molecular weight is 259 g/mol.